The SMILES string of the molecule is COC(F)(C(F)(F)F)S(=O)(=O)F. The number of methoxy groups -OCH3 is 1. The Morgan fingerprint density at radius 2 is 1.50 bits per heavy atom. The zero-order valence-electron chi connectivity index (χ0n) is 5.52. The van der Waals surface area contributed by atoms with Crippen molar-refractivity contribution in [3.63, 3.8) is 0 Å². The predicted octanol–water partition coefficient (Wildman–Crippen LogP) is 1.12. The van der Waals surface area contributed by atoms with Gasteiger partial charge < -0.3 is 4.74 Å². The maximum absolute atomic E-state index is 12.2. The van der Waals surface area contributed by atoms with Gasteiger partial charge in [-0.2, -0.15) is 26.0 Å². The van der Waals surface area contributed by atoms with Crippen LogP contribution in [0.4, 0.5) is 21.4 Å². The molecule has 0 amide bonds. The van der Waals surface area contributed by atoms with Crippen LogP contribution >= 0.6 is 0 Å². The molecule has 0 rings (SSSR count). The van der Waals surface area contributed by atoms with Crippen molar-refractivity contribution in [2.75, 3.05) is 7.11 Å². The van der Waals surface area contributed by atoms with Crippen LogP contribution in [0.3, 0.4) is 0 Å². The van der Waals surface area contributed by atoms with E-state index < -0.39 is 21.6 Å². The molecule has 0 heterocycles. The molecule has 0 aliphatic carbocycles. The molecule has 1 unspecified atom stereocenters. The highest BCUT2D eigenvalue weighted by molar-refractivity contribution is 7.87. The van der Waals surface area contributed by atoms with E-state index in [1.165, 1.54) is 0 Å². The largest absolute Gasteiger partial charge is 0.467 e. The second-order valence-corrected chi connectivity index (χ2v) is 3.08. The Morgan fingerprint density at radius 3 is 1.50 bits per heavy atom. The van der Waals surface area contributed by atoms with E-state index >= 15 is 0 Å². The summed E-state index contributed by atoms with van der Waals surface area (Å²) < 4.78 is 80.6. The highest BCUT2D eigenvalue weighted by atomic mass is 32.3. The van der Waals surface area contributed by atoms with Crippen LogP contribution in [0.2, 0.25) is 0 Å². The molecule has 0 fully saturated rings. The van der Waals surface area contributed by atoms with Gasteiger partial charge in [0.15, 0.2) is 0 Å². The molecule has 0 spiro atoms. The van der Waals surface area contributed by atoms with Gasteiger partial charge in [-0.05, 0) is 0 Å². The fourth-order valence-corrected chi connectivity index (χ4v) is 0.829. The van der Waals surface area contributed by atoms with E-state index in [1.54, 1.807) is 0 Å². The summed E-state index contributed by atoms with van der Waals surface area (Å²) in [5, 5.41) is -5.28. The van der Waals surface area contributed by atoms with Crippen LogP contribution < -0.4 is 0 Å². The van der Waals surface area contributed by atoms with Crippen LogP contribution in [-0.4, -0.2) is 26.9 Å². The molecular formula is C3H3F5O3S. The van der Waals surface area contributed by atoms with Crippen molar-refractivity contribution in [1.82, 2.24) is 0 Å². The Kier molecular flexibility index (Phi) is 2.70. The summed E-state index contributed by atoms with van der Waals surface area (Å²) in [5.41, 5.74) is 0. The van der Waals surface area contributed by atoms with Crippen molar-refractivity contribution < 1.29 is 34.6 Å². The molecular weight excluding hydrogens is 211 g/mol. The lowest BCUT2D eigenvalue weighted by Crippen LogP contribution is -2.47. The first-order valence-electron chi connectivity index (χ1n) is 2.31. The van der Waals surface area contributed by atoms with Gasteiger partial charge in [-0.1, -0.05) is 3.89 Å². The highest BCUT2D eigenvalue weighted by Crippen LogP contribution is 2.39. The van der Waals surface area contributed by atoms with Gasteiger partial charge in [0.05, 0.1) is 0 Å². The number of halogens is 5. The van der Waals surface area contributed by atoms with Gasteiger partial charge in [-0.25, -0.2) is 0 Å². The Balaban J connectivity index is 5.25. The maximum Gasteiger partial charge on any atom is 0.467 e. The number of hydrogen-bond acceptors (Lipinski definition) is 3. The fraction of sp³-hybridized carbons (Fsp3) is 1.00. The standard InChI is InChI=1S/C3H3F5O3S/c1-11-3(7,2(4,5)6)12(8,9)10/h1H3. The molecule has 0 saturated carbocycles. The van der Waals surface area contributed by atoms with E-state index in [-0.39, 0.29) is 7.11 Å². The molecule has 0 aliphatic rings. The number of rotatable bonds is 2. The zero-order chi connectivity index (χ0) is 10.2. The lowest BCUT2D eigenvalue weighted by Gasteiger charge is -2.21. The minimum atomic E-state index is -6.49. The first-order valence-corrected chi connectivity index (χ1v) is 3.69. The highest BCUT2D eigenvalue weighted by Gasteiger charge is 2.68. The smallest absolute Gasteiger partial charge is 0.328 e. The predicted molar refractivity (Wildman–Crippen MR) is 26.9 cm³/mol. The zero-order valence-corrected chi connectivity index (χ0v) is 6.34. The molecule has 74 valence electrons. The summed E-state index contributed by atoms with van der Waals surface area (Å²) in [6, 6.07) is 0. The molecule has 0 N–H and O–H groups in total. The summed E-state index contributed by atoms with van der Waals surface area (Å²) >= 11 is 0. The van der Waals surface area contributed by atoms with Crippen LogP contribution in [0.25, 0.3) is 0 Å². The summed E-state index contributed by atoms with van der Waals surface area (Å²) in [5.74, 6) is 0. The molecule has 0 aromatic rings. The summed E-state index contributed by atoms with van der Waals surface area (Å²) in [6.45, 7) is 0. The van der Waals surface area contributed by atoms with E-state index in [0.29, 0.717) is 0 Å². The molecule has 9 heteroatoms. The minimum Gasteiger partial charge on any atom is -0.328 e. The van der Waals surface area contributed by atoms with E-state index in [9.17, 15) is 29.9 Å². The van der Waals surface area contributed by atoms with Crippen LogP contribution in [0.1, 0.15) is 0 Å². The lowest BCUT2D eigenvalue weighted by atomic mass is 10.6. The number of alkyl halides is 4. The second-order valence-electron chi connectivity index (χ2n) is 1.68. The fourth-order valence-electron chi connectivity index (χ4n) is 0.353. The third-order valence-electron chi connectivity index (χ3n) is 0.915. The van der Waals surface area contributed by atoms with Gasteiger partial charge in [-0.15, -0.1) is 0 Å². The van der Waals surface area contributed by atoms with Crippen molar-refractivity contribution in [2.45, 2.75) is 11.4 Å². The molecule has 3 nitrogen and oxygen atoms in total. The van der Waals surface area contributed by atoms with E-state index in [4.69, 9.17) is 0 Å². The lowest BCUT2D eigenvalue weighted by molar-refractivity contribution is -0.282. The number of ether oxygens (including phenoxy) is 1. The third kappa shape index (κ3) is 1.66. The van der Waals surface area contributed by atoms with Crippen LogP contribution in [0.15, 0.2) is 0 Å². The Morgan fingerprint density at radius 1 is 1.17 bits per heavy atom. The maximum atomic E-state index is 12.2. The van der Waals surface area contributed by atoms with E-state index in [2.05, 4.69) is 4.74 Å². The van der Waals surface area contributed by atoms with Crippen molar-refractivity contribution >= 4 is 10.2 Å². The Bertz CT molecular complexity index is 256. The minimum absolute atomic E-state index is 0.0879. The van der Waals surface area contributed by atoms with Crippen LogP contribution in [0.5, 0.6) is 0 Å². The first-order chi connectivity index (χ1) is 5.06. The Hall–Kier alpha value is -0.440. The first kappa shape index (κ1) is 11.6. The van der Waals surface area contributed by atoms with Gasteiger partial charge in [-0.3, -0.25) is 0 Å². The topological polar surface area (TPSA) is 43.4 Å². The molecule has 0 aliphatic heterocycles. The summed E-state index contributed by atoms with van der Waals surface area (Å²) in [7, 11) is -6.40. The van der Waals surface area contributed by atoms with Gasteiger partial charge >= 0.3 is 21.6 Å². The van der Waals surface area contributed by atoms with Crippen molar-refractivity contribution in [1.29, 1.82) is 0 Å². The van der Waals surface area contributed by atoms with Gasteiger partial charge in [0.2, 0.25) is 0 Å². The van der Waals surface area contributed by atoms with Crippen LogP contribution in [0, 0.1) is 0 Å². The Labute approximate surface area is 64.3 Å². The van der Waals surface area contributed by atoms with Crippen molar-refractivity contribution in [3.8, 4) is 0 Å². The average molecular weight is 214 g/mol. The van der Waals surface area contributed by atoms with Gasteiger partial charge in [0.1, 0.15) is 0 Å². The van der Waals surface area contributed by atoms with Gasteiger partial charge in [0, 0.05) is 7.11 Å². The molecule has 0 bridgehead atoms. The molecule has 0 aromatic carbocycles. The second kappa shape index (κ2) is 2.80. The normalized spacial score (nSPS) is 18.8. The monoisotopic (exact) mass is 214 g/mol. The molecule has 1 atom stereocenters. The van der Waals surface area contributed by atoms with Crippen LogP contribution in [-0.2, 0) is 15.0 Å². The molecule has 0 aromatic heterocycles. The quantitative estimate of drug-likeness (QED) is 0.511. The molecule has 0 radical (unpaired) electrons. The van der Waals surface area contributed by atoms with Crippen molar-refractivity contribution in [3.05, 3.63) is 0 Å². The van der Waals surface area contributed by atoms with E-state index in [0.717, 1.165) is 0 Å². The third-order valence-corrected chi connectivity index (χ3v) is 1.94. The van der Waals surface area contributed by atoms with E-state index in [1.807, 2.05) is 0 Å². The van der Waals surface area contributed by atoms with Gasteiger partial charge in [0.25, 0.3) is 0 Å². The average Bonchev–Trinajstić information content (AvgIpc) is 1.81. The molecule has 0 saturated heterocycles. The van der Waals surface area contributed by atoms with Crippen molar-refractivity contribution in [2.24, 2.45) is 0 Å². The number of hydrogen-bond donors (Lipinski definition) is 0. The summed E-state index contributed by atoms with van der Waals surface area (Å²) in [4.78, 5) is 0. The summed E-state index contributed by atoms with van der Waals surface area (Å²) in [6.07, 6.45) is -5.96. The molecule has 12 heavy (non-hydrogen) atoms.